The predicted octanol–water partition coefficient (Wildman–Crippen LogP) is -0.574. The van der Waals surface area contributed by atoms with E-state index in [0.29, 0.717) is 32.1 Å². The molecule has 1 amide bonds. The fraction of sp³-hybridized carbons (Fsp3) is 0.455. The molecule has 0 aliphatic carbocycles. The molecule has 1 fully saturated rings. The Labute approximate surface area is 109 Å². The Morgan fingerprint density at radius 3 is 2.42 bits per heavy atom. The van der Waals surface area contributed by atoms with Crippen LogP contribution in [0.2, 0.25) is 0 Å². The van der Waals surface area contributed by atoms with Gasteiger partial charge in [-0.15, -0.1) is 0 Å². The largest absolute Gasteiger partial charge is 0.477 e. The van der Waals surface area contributed by atoms with Gasteiger partial charge in [0.05, 0.1) is 0 Å². The maximum atomic E-state index is 11.2. The summed E-state index contributed by atoms with van der Waals surface area (Å²) in [7, 11) is 0. The molecular weight excluding hydrogens is 250 g/mol. The van der Waals surface area contributed by atoms with Crippen LogP contribution < -0.4 is 10.6 Å². The van der Waals surface area contributed by atoms with Gasteiger partial charge in [-0.1, -0.05) is 0 Å². The lowest BCUT2D eigenvalue weighted by Gasteiger charge is -2.34. The zero-order valence-electron chi connectivity index (χ0n) is 10.5. The molecule has 1 aliphatic heterocycles. The van der Waals surface area contributed by atoms with Crippen molar-refractivity contribution in [3.63, 3.8) is 0 Å². The van der Waals surface area contributed by atoms with Gasteiger partial charge in [0, 0.05) is 39.3 Å². The molecule has 2 rings (SSSR count). The number of hydrogen-bond acceptors (Lipinski definition) is 6. The third kappa shape index (κ3) is 2.72. The number of carbonyl (C=O) groups excluding carboxylic acids is 1. The minimum absolute atomic E-state index is 0.0429. The van der Waals surface area contributed by atoms with Crippen molar-refractivity contribution in [3.8, 4) is 0 Å². The third-order valence-electron chi connectivity index (χ3n) is 3.04. The number of carboxylic acid groups (broad SMARTS) is 1. The van der Waals surface area contributed by atoms with E-state index in [1.165, 1.54) is 13.1 Å². The Morgan fingerprint density at radius 1 is 1.32 bits per heavy atom. The molecule has 1 aromatic rings. The van der Waals surface area contributed by atoms with E-state index >= 15 is 0 Å². The number of rotatable bonds is 2. The smallest absolute Gasteiger partial charge is 0.341 e. The fourth-order valence-electron chi connectivity index (χ4n) is 1.92. The number of anilines is 2. The molecule has 3 N–H and O–H groups in total. The minimum Gasteiger partial charge on any atom is -0.477 e. The Kier molecular flexibility index (Phi) is 3.50. The highest BCUT2D eigenvalue weighted by Gasteiger charge is 2.21. The minimum atomic E-state index is -1.15. The Balaban J connectivity index is 2.10. The molecule has 0 radical (unpaired) electrons. The highest BCUT2D eigenvalue weighted by atomic mass is 16.4. The molecule has 2 heterocycles. The molecule has 0 unspecified atom stereocenters. The second kappa shape index (κ2) is 5.09. The number of carboxylic acids is 1. The summed E-state index contributed by atoms with van der Waals surface area (Å²) >= 11 is 0. The molecule has 1 aliphatic rings. The lowest BCUT2D eigenvalue weighted by Crippen LogP contribution is -2.48. The van der Waals surface area contributed by atoms with Gasteiger partial charge in [0.2, 0.25) is 11.9 Å². The highest BCUT2D eigenvalue weighted by molar-refractivity contribution is 5.92. The van der Waals surface area contributed by atoms with Crippen molar-refractivity contribution in [1.29, 1.82) is 0 Å². The van der Waals surface area contributed by atoms with Gasteiger partial charge < -0.3 is 20.6 Å². The second-order valence-corrected chi connectivity index (χ2v) is 4.27. The Hall–Kier alpha value is -2.38. The zero-order valence-corrected chi connectivity index (χ0v) is 10.5. The number of carbonyl (C=O) groups is 2. The monoisotopic (exact) mass is 265 g/mol. The van der Waals surface area contributed by atoms with Crippen molar-refractivity contribution in [2.45, 2.75) is 6.92 Å². The first-order chi connectivity index (χ1) is 8.99. The van der Waals surface area contributed by atoms with Gasteiger partial charge in [0.25, 0.3) is 0 Å². The van der Waals surface area contributed by atoms with Crippen molar-refractivity contribution in [2.75, 3.05) is 36.8 Å². The van der Waals surface area contributed by atoms with Gasteiger partial charge in [-0.3, -0.25) is 4.79 Å². The van der Waals surface area contributed by atoms with Crippen LogP contribution in [0.25, 0.3) is 0 Å². The first-order valence-corrected chi connectivity index (χ1v) is 5.85. The number of nitrogens with two attached hydrogens (primary N) is 1. The number of nitrogen functional groups attached to an aromatic ring is 1. The van der Waals surface area contributed by atoms with E-state index in [1.54, 1.807) is 4.90 Å². The summed E-state index contributed by atoms with van der Waals surface area (Å²) in [6.45, 7) is 3.93. The van der Waals surface area contributed by atoms with Crippen LogP contribution in [-0.2, 0) is 4.79 Å². The summed E-state index contributed by atoms with van der Waals surface area (Å²) in [5.41, 5.74) is 5.48. The summed E-state index contributed by atoms with van der Waals surface area (Å²) in [5.74, 6) is -0.760. The molecule has 1 saturated heterocycles. The quantitative estimate of drug-likeness (QED) is 0.735. The summed E-state index contributed by atoms with van der Waals surface area (Å²) < 4.78 is 0. The van der Waals surface area contributed by atoms with E-state index in [9.17, 15) is 9.59 Å². The molecule has 1 aromatic heterocycles. The van der Waals surface area contributed by atoms with Gasteiger partial charge in [-0.2, -0.15) is 4.98 Å². The molecule has 8 heteroatoms. The van der Waals surface area contributed by atoms with Gasteiger partial charge in [-0.25, -0.2) is 9.78 Å². The third-order valence-corrected chi connectivity index (χ3v) is 3.04. The molecule has 0 atom stereocenters. The summed E-state index contributed by atoms with van der Waals surface area (Å²) in [5, 5.41) is 8.84. The number of piperazine rings is 1. The van der Waals surface area contributed by atoms with Gasteiger partial charge >= 0.3 is 5.97 Å². The highest BCUT2D eigenvalue weighted by Crippen LogP contribution is 2.15. The predicted molar refractivity (Wildman–Crippen MR) is 67.9 cm³/mol. The standard InChI is InChI=1S/C11H15N5O3/c1-7(17)15-2-4-16(5-3-15)11-13-6-8(10(18)19)9(12)14-11/h6H,2-5H2,1H3,(H,18,19)(H2,12,13,14). The van der Waals surface area contributed by atoms with Gasteiger partial charge in [0.15, 0.2) is 0 Å². The number of hydrogen-bond donors (Lipinski definition) is 2. The maximum absolute atomic E-state index is 11.2. The molecule has 102 valence electrons. The van der Waals surface area contributed by atoms with E-state index < -0.39 is 5.97 Å². The molecule has 0 bridgehead atoms. The molecule has 0 saturated carbocycles. The van der Waals surface area contributed by atoms with E-state index in [0.717, 1.165) is 0 Å². The number of amides is 1. The van der Waals surface area contributed by atoms with Crippen LogP contribution in [0.4, 0.5) is 11.8 Å². The van der Waals surface area contributed by atoms with Gasteiger partial charge in [-0.05, 0) is 0 Å². The van der Waals surface area contributed by atoms with E-state index in [-0.39, 0.29) is 17.3 Å². The number of aromatic carboxylic acids is 1. The second-order valence-electron chi connectivity index (χ2n) is 4.27. The normalized spacial score (nSPS) is 15.4. The SMILES string of the molecule is CC(=O)N1CCN(c2ncc(C(=O)O)c(N)n2)CC1. The van der Waals surface area contributed by atoms with E-state index in [1.807, 2.05) is 4.90 Å². The fourth-order valence-corrected chi connectivity index (χ4v) is 1.92. The first-order valence-electron chi connectivity index (χ1n) is 5.85. The van der Waals surface area contributed by atoms with Crippen LogP contribution in [-0.4, -0.2) is 58.0 Å². The van der Waals surface area contributed by atoms with Crippen molar-refractivity contribution in [1.82, 2.24) is 14.9 Å². The van der Waals surface area contributed by atoms with E-state index in [4.69, 9.17) is 10.8 Å². The molecule has 0 aromatic carbocycles. The van der Waals surface area contributed by atoms with Crippen LogP contribution in [0.1, 0.15) is 17.3 Å². The van der Waals surface area contributed by atoms with Crippen LogP contribution in [0.3, 0.4) is 0 Å². The Morgan fingerprint density at radius 2 is 1.95 bits per heavy atom. The van der Waals surface area contributed by atoms with Crippen LogP contribution >= 0.6 is 0 Å². The van der Waals surface area contributed by atoms with Crippen LogP contribution in [0.5, 0.6) is 0 Å². The molecule has 8 nitrogen and oxygen atoms in total. The van der Waals surface area contributed by atoms with Crippen LogP contribution in [0.15, 0.2) is 6.20 Å². The van der Waals surface area contributed by atoms with Crippen molar-refractivity contribution in [3.05, 3.63) is 11.8 Å². The maximum Gasteiger partial charge on any atom is 0.341 e. The molecule has 19 heavy (non-hydrogen) atoms. The number of aromatic nitrogens is 2. The molecular formula is C11H15N5O3. The summed E-state index contributed by atoms with van der Waals surface area (Å²) in [6.07, 6.45) is 1.21. The Bertz CT molecular complexity index is 511. The summed E-state index contributed by atoms with van der Waals surface area (Å²) in [4.78, 5) is 33.6. The molecule has 0 spiro atoms. The zero-order chi connectivity index (χ0) is 14.0. The van der Waals surface area contributed by atoms with Crippen molar-refractivity contribution >= 4 is 23.6 Å². The average molecular weight is 265 g/mol. The lowest BCUT2D eigenvalue weighted by molar-refractivity contribution is -0.129. The summed E-state index contributed by atoms with van der Waals surface area (Å²) in [6, 6.07) is 0. The number of nitrogens with zero attached hydrogens (tertiary/aromatic N) is 4. The topological polar surface area (TPSA) is 113 Å². The lowest BCUT2D eigenvalue weighted by atomic mass is 10.3. The van der Waals surface area contributed by atoms with Gasteiger partial charge in [0.1, 0.15) is 11.4 Å². The van der Waals surface area contributed by atoms with Crippen molar-refractivity contribution in [2.24, 2.45) is 0 Å². The first kappa shape index (κ1) is 13.1. The van der Waals surface area contributed by atoms with E-state index in [2.05, 4.69) is 9.97 Å². The average Bonchev–Trinajstić information content (AvgIpc) is 2.38. The van der Waals surface area contributed by atoms with Crippen LogP contribution in [0, 0.1) is 0 Å². The van der Waals surface area contributed by atoms with Crippen molar-refractivity contribution < 1.29 is 14.7 Å².